The molecule has 0 aromatic carbocycles. The number of aliphatic carboxylic acids is 1. The summed E-state index contributed by atoms with van der Waals surface area (Å²) in [5.41, 5.74) is 0. The van der Waals surface area contributed by atoms with Crippen molar-refractivity contribution < 1.29 is 43.5 Å². The van der Waals surface area contributed by atoms with Crippen LogP contribution in [0.5, 0.6) is 0 Å². The summed E-state index contributed by atoms with van der Waals surface area (Å²) in [5.74, 6) is -6.59. The fourth-order valence-corrected chi connectivity index (χ4v) is 2.08. The minimum atomic E-state index is -3.71. The van der Waals surface area contributed by atoms with Gasteiger partial charge in [0.15, 0.2) is 6.17 Å². The third-order valence-corrected chi connectivity index (χ3v) is 3.17. The summed E-state index contributed by atoms with van der Waals surface area (Å²) >= 11 is 0. The van der Waals surface area contributed by atoms with Crippen LogP contribution in [0, 0.1) is 0 Å². The Labute approximate surface area is 118 Å². The molecule has 1 rings (SSSR count). The average molecular weight is 313 g/mol. The zero-order valence-electron chi connectivity index (χ0n) is 11.1. The highest BCUT2D eigenvalue weighted by molar-refractivity contribution is 5.77. The minimum absolute atomic E-state index is 0.645. The largest absolute Gasteiger partial charge is 0.477 e. The lowest BCUT2D eigenvalue weighted by molar-refractivity contribution is -0.272. The number of hydrogen-bond acceptors (Lipinski definition) is 6. The van der Waals surface area contributed by atoms with E-state index in [1.54, 1.807) is 0 Å². The van der Waals surface area contributed by atoms with Gasteiger partial charge in [0.25, 0.3) is 0 Å². The monoisotopic (exact) mass is 313 g/mol. The van der Waals surface area contributed by atoms with Gasteiger partial charge in [0.05, 0.1) is 12.6 Å². The van der Waals surface area contributed by atoms with E-state index in [1.165, 1.54) is 0 Å². The molecule has 0 bridgehead atoms. The maximum absolute atomic E-state index is 14.0. The van der Waals surface area contributed by atoms with Crippen molar-refractivity contribution in [1.29, 1.82) is 0 Å². The van der Waals surface area contributed by atoms with Crippen molar-refractivity contribution in [3.63, 3.8) is 0 Å². The van der Waals surface area contributed by atoms with Crippen molar-refractivity contribution in [3.05, 3.63) is 0 Å². The third-order valence-electron chi connectivity index (χ3n) is 3.17. The predicted octanol–water partition coefficient (Wildman–Crippen LogP) is -1.92. The molecule has 0 aromatic rings. The Morgan fingerprint density at radius 2 is 2.05 bits per heavy atom. The Kier molecular flexibility index (Phi) is 5.56. The molecule has 1 amide bonds. The first kappa shape index (κ1) is 17.7. The van der Waals surface area contributed by atoms with Gasteiger partial charge in [-0.3, -0.25) is 4.79 Å². The number of rotatable bonds is 5. The lowest BCUT2D eigenvalue weighted by Crippen LogP contribution is -2.64. The smallest absolute Gasteiger partial charge is 0.372 e. The van der Waals surface area contributed by atoms with Gasteiger partial charge in [0, 0.05) is 13.3 Å². The van der Waals surface area contributed by atoms with Crippen molar-refractivity contribution in [2.45, 2.75) is 49.7 Å². The van der Waals surface area contributed by atoms with Crippen molar-refractivity contribution >= 4 is 11.9 Å². The molecular weight excluding hydrogens is 296 g/mol. The molecule has 0 unspecified atom stereocenters. The fourth-order valence-electron chi connectivity index (χ4n) is 2.08. The minimum Gasteiger partial charge on any atom is -0.477 e. The Balaban J connectivity index is 3.05. The van der Waals surface area contributed by atoms with Gasteiger partial charge < -0.3 is 30.5 Å². The molecule has 0 saturated carbocycles. The third kappa shape index (κ3) is 3.64. The molecule has 0 radical (unpaired) electrons. The maximum atomic E-state index is 14.0. The summed E-state index contributed by atoms with van der Waals surface area (Å²) in [6.45, 7) is 0.160. The predicted molar refractivity (Wildman–Crippen MR) is 62.6 cm³/mol. The molecule has 1 saturated heterocycles. The topological polar surface area (TPSA) is 136 Å². The number of aliphatic hydroxyl groups is 3. The van der Waals surface area contributed by atoms with E-state index in [1.807, 2.05) is 0 Å². The first-order valence-electron chi connectivity index (χ1n) is 6.11. The molecule has 10 heteroatoms. The summed E-state index contributed by atoms with van der Waals surface area (Å²) in [4.78, 5) is 21.8. The van der Waals surface area contributed by atoms with E-state index >= 15 is 0 Å². The summed E-state index contributed by atoms with van der Waals surface area (Å²) in [5, 5.41) is 38.8. The van der Waals surface area contributed by atoms with Gasteiger partial charge in [0.2, 0.25) is 5.91 Å². The van der Waals surface area contributed by atoms with Gasteiger partial charge in [-0.2, -0.15) is 4.39 Å². The zero-order chi connectivity index (χ0) is 16.4. The maximum Gasteiger partial charge on any atom is 0.372 e. The van der Waals surface area contributed by atoms with E-state index in [0.29, 0.717) is 0 Å². The highest BCUT2D eigenvalue weighted by atomic mass is 19.2. The van der Waals surface area contributed by atoms with Crippen LogP contribution < -0.4 is 5.32 Å². The highest BCUT2D eigenvalue weighted by Gasteiger charge is 2.58. The van der Waals surface area contributed by atoms with E-state index in [-0.39, 0.29) is 0 Å². The van der Waals surface area contributed by atoms with E-state index in [2.05, 4.69) is 10.1 Å². The van der Waals surface area contributed by atoms with Gasteiger partial charge in [-0.25, -0.2) is 9.18 Å². The number of carbonyl (C=O) groups excluding carboxylic acids is 1. The Morgan fingerprint density at radius 3 is 2.48 bits per heavy atom. The van der Waals surface area contributed by atoms with Crippen LogP contribution in [-0.4, -0.2) is 75.3 Å². The number of carboxylic acid groups (broad SMARTS) is 1. The number of halogens is 2. The number of hydrogen-bond donors (Lipinski definition) is 5. The second-order valence-electron chi connectivity index (χ2n) is 4.78. The van der Waals surface area contributed by atoms with Gasteiger partial charge in [-0.05, 0) is 0 Å². The van der Waals surface area contributed by atoms with Crippen molar-refractivity contribution in [1.82, 2.24) is 5.32 Å². The van der Waals surface area contributed by atoms with Gasteiger partial charge in [-0.1, -0.05) is 0 Å². The molecule has 8 nitrogen and oxygen atoms in total. The summed E-state index contributed by atoms with van der Waals surface area (Å²) in [6, 6.07) is -1.27. The van der Waals surface area contributed by atoms with Crippen LogP contribution in [0.3, 0.4) is 0 Å². The normalized spacial score (nSPS) is 35.8. The number of carboxylic acids is 1. The first-order valence-corrected chi connectivity index (χ1v) is 6.11. The first-order chi connectivity index (χ1) is 9.63. The Bertz CT molecular complexity index is 410. The van der Waals surface area contributed by atoms with Gasteiger partial charge >= 0.3 is 11.8 Å². The molecule has 0 aromatic heterocycles. The molecule has 0 aliphatic carbocycles. The van der Waals surface area contributed by atoms with E-state index < -0.39 is 61.3 Å². The number of carbonyl (C=O) groups is 2. The lowest BCUT2D eigenvalue weighted by atomic mass is 9.90. The molecule has 122 valence electrons. The highest BCUT2D eigenvalue weighted by Crippen LogP contribution is 2.35. The Hall–Kier alpha value is -1.36. The second kappa shape index (κ2) is 6.60. The van der Waals surface area contributed by atoms with Crippen LogP contribution in [0.1, 0.15) is 13.3 Å². The lowest BCUT2D eigenvalue weighted by Gasteiger charge is -2.42. The summed E-state index contributed by atoms with van der Waals surface area (Å²) in [7, 11) is 0. The quantitative estimate of drug-likeness (QED) is 0.399. The molecule has 5 N–H and O–H groups in total. The van der Waals surface area contributed by atoms with Crippen LogP contribution >= 0.6 is 0 Å². The number of ether oxygens (including phenoxy) is 1. The van der Waals surface area contributed by atoms with Crippen LogP contribution in [0.4, 0.5) is 8.78 Å². The van der Waals surface area contributed by atoms with Crippen molar-refractivity contribution in [2.75, 3.05) is 6.61 Å². The molecule has 21 heavy (non-hydrogen) atoms. The molecule has 6 atom stereocenters. The summed E-state index contributed by atoms with van der Waals surface area (Å²) < 4.78 is 32.2. The van der Waals surface area contributed by atoms with Crippen LogP contribution in [0.25, 0.3) is 0 Å². The van der Waals surface area contributed by atoms with Crippen LogP contribution in [0.15, 0.2) is 0 Å². The fraction of sp³-hybridized carbons (Fsp3) is 0.818. The van der Waals surface area contributed by atoms with Crippen LogP contribution in [-0.2, 0) is 14.3 Å². The standard InChI is InChI=1S/C11H17F2NO7/c1-4(16)14-5-2-7(12)11(13,10(19)20)21-9(5)8(18)6(17)3-15/h5-9,15,17-18H,2-3H2,1H3,(H,14,16)(H,19,20)/t5-,6-,7-,8-,9-,11-/m1/s1. The van der Waals surface area contributed by atoms with Crippen molar-refractivity contribution in [3.8, 4) is 0 Å². The van der Waals surface area contributed by atoms with Gasteiger partial charge in [-0.15, -0.1) is 0 Å². The number of nitrogens with one attached hydrogen (secondary N) is 1. The molecule has 1 aliphatic rings. The molecule has 1 aliphatic heterocycles. The van der Waals surface area contributed by atoms with E-state index in [0.717, 1.165) is 6.92 Å². The van der Waals surface area contributed by atoms with Crippen LogP contribution in [0.2, 0.25) is 0 Å². The SMILES string of the molecule is CC(=O)N[C@@H]1C[C@@H](F)[C@](F)(C(=O)O)O[C@H]1[C@H](O)[C@H](O)CO. The average Bonchev–Trinajstić information content (AvgIpc) is 2.40. The van der Waals surface area contributed by atoms with Crippen molar-refractivity contribution in [2.24, 2.45) is 0 Å². The molecule has 0 spiro atoms. The molecule has 1 heterocycles. The number of alkyl halides is 2. The number of aliphatic hydroxyl groups excluding tert-OH is 3. The van der Waals surface area contributed by atoms with E-state index in [4.69, 9.17) is 10.2 Å². The molecular formula is C11H17F2NO7. The second-order valence-corrected chi connectivity index (χ2v) is 4.78. The van der Waals surface area contributed by atoms with Gasteiger partial charge in [0.1, 0.15) is 18.3 Å². The summed E-state index contributed by atoms with van der Waals surface area (Å²) in [6.07, 6.45) is -8.80. The Morgan fingerprint density at radius 1 is 1.48 bits per heavy atom. The molecule has 1 fully saturated rings. The zero-order valence-corrected chi connectivity index (χ0v) is 11.1. The van der Waals surface area contributed by atoms with E-state index in [9.17, 15) is 28.6 Å². The number of amides is 1.